The van der Waals surface area contributed by atoms with E-state index in [0.717, 1.165) is 31.8 Å². The summed E-state index contributed by atoms with van der Waals surface area (Å²) in [5.41, 5.74) is 1.95. The number of aldehydes is 1. The molecular weight excluding hydrogens is 463 g/mol. The van der Waals surface area contributed by atoms with Crippen LogP contribution in [-0.4, -0.2) is 12.9 Å². The number of hydrogen-bond acceptors (Lipinski definition) is 5. The molecule has 6 heteroatoms. The maximum Gasteiger partial charge on any atom is 0.157 e. The van der Waals surface area contributed by atoms with Crippen molar-refractivity contribution in [1.29, 1.82) is 0 Å². The normalized spacial score (nSPS) is 10.8. The van der Waals surface area contributed by atoms with E-state index in [-0.39, 0.29) is 12.4 Å². The van der Waals surface area contributed by atoms with Gasteiger partial charge in [0, 0.05) is 10.1 Å². The van der Waals surface area contributed by atoms with Crippen LogP contribution in [0.1, 0.15) is 5.56 Å². The number of halogens is 1. The van der Waals surface area contributed by atoms with E-state index in [1.807, 2.05) is 48.5 Å². The van der Waals surface area contributed by atoms with E-state index in [0.29, 0.717) is 30.1 Å². The van der Waals surface area contributed by atoms with Gasteiger partial charge in [-0.25, -0.2) is 4.39 Å². The summed E-state index contributed by atoms with van der Waals surface area (Å²) in [4.78, 5) is 11.4. The summed E-state index contributed by atoms with van der Waals surface area (Å²) in [6, 6.07) is 29.4. The summed E-state index contributed by atoms with van der Waals surface area (Å²) in [6.45, 7) is 0.475. The van der Waals surface area contributed by atoms with Gasteiger partial charge in [0.25, 0.3) is 0 Å². The minimum Gasteiger partial charge on any atom is -0.489 e. The third kappa shape index (κ3) is 5.34. The summed E-state index contributed by atoms with van der Waals surface area (Å²) in [7, 11) is 0. The lowest BCUT2D eigenvalue weighted by atomic mass is 10.1. The Labute approximate surface area is 206 Å². The second-order valence-corrected chi connectivity index (χ2v) is 8.80. The van der Waals surface area contributed by atoms with Gasteiger partial charge in [0.05, 0.1) is 4.88 Å². The van der Waals surface area contributed by atoms with Gasteiger partial charge in [-0.1, -0.05) is 42.5 Å². The van der Waals surface area contributed by atoms with Crippen molar-refractivity contribution in [2.24, 2.45) is 0 Å². The molecule has 0 saturated carbocycles. The van der Waals surface area contributed by atoms with Crippen LogP contribution >= 0.6 is 11.3 Å². The number of ether oxygens (including phenoxy) is 3. The predicted molar refractivity (Wildman–Crippen MR) is 136 cm³/mol. The van der Waals surface area contributed by atoms with Crippen LogP contribution in [0.5, 0.6) is 23.0 Å². The first-order valence-electron chi connectivity index (χ1n) is 11.0. The van der Waals surface area contributed by atoms with Crippen molar-refractivity contribution in [3.63, 3.8) is 0 Å². The summed E-state index contributed by atoms with van der Waals surface area (Å²) in [6.07, 6.45) is 0.703. The zero-order valence-electron chi connectivity index (χ0n) is 18.6. The molecule has 4 nitrogen and oxygen atoms in total. The molecule has 174 valence electrons. The Bertz CT molecular complexity index is 1430. The fraction of sp³-hybridized carbons (Fsp3) is 0.0690. The molecule has 0 bridgehead atoms. The van der Waals surface area contributed by atoms with Gasteiger partial charge in [-0.05, 0) is 65.7 Å². The van der Waals surface area contributed by atoms with E-state index in [2.05, 4.69) is 0 Å². The van der Waals surface area contributed by atoms with Gasteiger partial charge in [-0.15, -0.1) is 11.3 Å². The van der Waals surface area contributed by atoms with Crippen molar-refractivity contribution in [3.8, 4) is 33.4 Å². The highest BCUT2D eigenvalue weighted by molar-refractivity contribution is 7.22. The average Bonchev–Trinajstić information content (AvgIpc) is 3.25. The SMILES string of the molecule is O=CCOc1ccc(Oc2c(-c3ccc(F)cc3)sc3cc(OCc4ccccc4)ccc23)cc1. The molecule has 0 unspecified atom stereocenters. The molecule has 0 N–H and O–H groups in total. The molecule has 0 atom stereocenters. The monoisotopic (exact) mass is 484 g/mol. The van der Waals surface area contributed by atoms with Crippen LogP contribution in [0.4, 0.5) is 4.39 Å². The Morgan fingerprint density at radius 3 is 2.23 bits per heavy atom. The standard InChI is InChI=1S/C29H21FO4S/c30-22-8-6-21(7-9-22)29-28(34-24-12-10-23(11-13-24)32-17-16-31)26-15-14-25(18-27(26)35-29)33-19-20-4-2-1-3-5-20/h1-16,18H,17,19H2. The Kier molecular flexibility index (Phi) is 6.73. The van der Waals surface area contributed by atoms with Gasteiger partial charge >= 0.3 is 0 Å². The molecule has 0 spiro atoms. The smallest absolute Gasteiger partial charge is 0.157 e. The first-order chi connectivity index (χ1) is 17.2. The lowest BCUT2D eigenvalue weighted by molar-refractivity contribution is -0.109. The van der Waals surface area contributed by atoms with Crippen molar-refractivity contribution in [3.05, 3.63) is 108 Å². The average molecular weight is 485 g/mol. The summed E-state index contributed by atoms with van der Waals surface area (Å²) >= 11 is 1.56. The Morgan fingerprint density at radius 2 is 1.49 bits per heavy atom. The van der Waals surface area contributed by atoms with Crippen LogP contribution in [0, 0.1) is 5.82 Å². The number of hydrogen-bond donors (Lipinski definition) is 0. The highest BCUT2D eigenvalue weighted by atomic mass is 32.1. The third-order valence-corrected chi connectivity index (χ3v) is 6.52. The first kappa shape index (κ1) is 22.6. The largest absolute Gasteiger partial charge is 0.489 e. The molecule has 35 heavy (non-hydrogen) atoms. The first-order valence-corrected chi connectivity index (χ1v) is 11.8. The summed E-state index contributed by atoms with van der Waals surface area (Å²) in [5, 5.41) is 0.933. The number of benzene rings is 4. The van der Waals surface area contributed by atoms with E-state index in [9.17, 15) is 9.18 Å². The third-order valence-electron chi connectivity index (χ3n) is 5.33. The lowest BCUT2D eigenvalue weighted by Gasteiger charge is -2.10. The molecule has 0 saturated heterocycles. The van der Waals surface area contributed by atoms with Gasteiger partial charge in [-0.2, -0.15) is 0 Å². The van der Waals surface area contributed by atoms with Gasteiger partial charge in [-0.3, -0.25) is 4.79 Å². The van der Waals surface area contributed by atoms with Gasteiger partial charge in [0.15, 0.2) is 12.0 Å². The fourth-order valence-electron chi connectivity index (χ4n) is 3.63. The number of carbonyl (C=O) groups is 1. The molecule has 0 aliphatic carbocycles. The molecule has 5 aromatic rings. The van der Waals surface area contributed by atoms with Crippen molar-refractivity contribution in [1.82, 2.24) is 0 Å². The molecule has 1 aromatic heterocycles. The molecular formula is C29H21FO4S. The molecule has 0 aliphatic heterocycles. The van der Waals surface area contributed by atoms with E-state index in [1.165, 1.54) is 12.1 Å². The predicted octanol–water partition coefficient (Wildman–Crippen LogP) is 7.66. The maximum atomic E-state index is 13.6. The zero-order valence-corrected chi connectivity index (χ0v) is 19.5. The minimum atomic E-state index is -0.292. The molecule has 0 radical (unpaired) electrons. The Hall–Kier alpha value is -4.16. The maximum absolute atomic E-state index is 13.6. The van der Waals surface area contributed by atoms with Crippen LogP contribution in [-0.2, 0) is 11.4 Å². The van der Waals surface area contributed by atoms with Gasteiger partial charge in [0.2, 0.25) is 0 Å². The molecule has 1 heterocycles. The van der Waals surface area contributed by atoms with Gasteiger partial charge < -0.3 is 14.2 Å². The van der Waals surface area contributed by atoms with Crippen molar-refractivity contribution < 1.29 is 23.4 Å². The van der Waals surface area contributed by atoms with Crippen LogP contribution in [0.15, 0.2) is 97.1 Å². The minimum absolute atomic E-state index is 0.00123. The second-order valence-electron chi connectivity index (χ2n) is 7.75. The molecule has 0 amide bonds. The van der Waals surface area contributed by atoms with E-state index >= 15 is 0 Å². The lowest BCUT2D eigenvalue weighted by Crippen LogP contribution is -1.97. The van der Waals surface area contributed by atoms with Crippen LogP contribution < -0.4 is 14.2 Å². The van der Waals surface area contributed by atoms with Gasteiger partial charge in [0.1, 0.15) is 36.3 Å². The molecule has 0 fully saturated rings. The molecule has 5 rings (SSSR count). The Balaban J connectivity index is 1.48. The van der Waals surface area contributed by atoms with Crippen molar-refractivity contribution in [2.75, 3.05) is 6.61 Å². The van der Waals surface area contributed by atoms with Crippen LogP contribution in [0.25, 0.3) is 20.5 Å². The van der Waals surface area contributed by atoms with E-state index in [4.69, 9.17) is 14.2 Å². The van der Waals surface area contributed by atoms with Crippen molar-refractivity contribution >= 4 is 27.7 Å². The quantitative estimate of drug-likeness (QED) is 0.202. The highest BCUT2D eigenvalue weighted by Crippen LogP contribution is 2.47. The number of rotatable bonds is 9. The van der Waals surface area contributed by atoms with Crippen LogP contribution in [0.3, 0.4) is 0 Å². The van der Waals surface area contributed by atoms with Crippen LogP contribution in [0.2, 0.25) is 0 Å². The molecule has 0 aliphatic rings. The number of carbonyl (C=O) groups excluding carboxylic acids is 1. The fourth-order valence-corrected chi connectivity index (χ4v) is 4.79. The summed E-state index contributed by atoms with van der Waals surface area (Å²) < 4.78 is 32.2. The topological polar surface area (TPSA) is 44.8 Å². The van der Waals surface area contributed by atoms with Crippen molar-refractivity contribution in [2.45, 2.75) is 6.61 Å². The number of fused-ring (bicyclic) bond motifs is 1. The van der Waals surface area contributed by atoms with E-state index < -0.39 is 0 Å². The highest BCUT2D eigenvalue weighted by Gasteiger charge is 2.17. The Morgan fingerprint density at radius 1 is 0.771 bits per heavy atom. The summed E-state index contributed by atoms with van der Waals surface area (Å²) in [5.74, 6) is 2.36. The number of thiophene rings is 1. The molecule has 4 aromatic carbocycles. The van der Waals surface area contributed by atoms with E-state index in [1.54, 1.807) is 47.7 Å². The zero-order chi connectivity index (χ0) is 24.0. The second kappa shape index (κ2) is 10.4.